The molecule has 3 N–H and O–H groups in total. The molecule has 1 atom stereocenters. The van der Waals surface area contributed by atoms with Gasteiger partial charge in [-0.15, -0.1) is 0 Å². The molecule has 1 aromatic rings. The standard InChI is InChI=1S/C20H31F2N5O2/c1-20(2,3)29-19(28)25-11-6-10-24-18(23-4)26-14-9-12-27(13-14)17-15(21)7-5-8-16(17)22/h5,7-8,14H,6,9-13H2,1-4H3,(H,25,28)(H2,23,24,26). The first-order chi connectivity index (χ1) is 13.7. The molecule has 0 spiro atoms. The van der Waals surface area contributed by atoms with Crippen LogP contribution in [0.25, 0.3) is 0 Å². The van der Waals surface area contributed by atoms with Gasteiger partial charge < -0.3 is 25.6 Å². The lowest BCUT2D eigenvalue weighted by Crippen LogP contribution is -2.45. The van der Waals surface area contributed by atoms with Gasteiger partial charge in [-0.2, -0.15) is 0 Å². The molecule has 1 amide bonds. The fourth-order valence-corrected chi connectivity index (χ4v) is 3.06. The highest BCUT2D eigenvalue weighted by atomic mass is 19.1. The number of carbonyl (C=O) groups excluding carboxylic acids is 1. The van der Waals surface area contributed by atoms with Gasteiger partial charge in [-0.1, -0.05) is 6.07 Å². The molecule has 2 rings (SSSR count). The van der Waals surface area contributed by atoms with Crippen molar-refractivity contribution in [2.45, 2.75) is 45.3 Å². The molecule has 1 saturated heterocycles. The fourth-order valence-electron chi connectivity index (χ4n) is 3.06. The molecule has 0 saturated carbocycles. The Kier molecular flexibility index (Phi) is 8.04. The summed E-state index contributed by atoms with van der Waals surface area (Å²) < 4.78 is 33.1. The van der Waals surface area contributed by atoms with Crippen LogP contribution in [-0.4, -0.2) is 56.9 Å². The molecule has 29 heavy (non-hydrogen) atoms. The molecule has 162 valence electrons. The maximum absolute atomic E-state index is 14.0. The Morgan fingerprint density at radius 2 is 1.90 bits per heavy atom. The summed E-state index contributed by atoms with van der Waals surface area (Å²) >= 11 is 0. The number of nitrogens with zero attached hydrogens (tertiary/aromatic N) is 2. The van der Waals surface area contributed by atoms with E-state index in [0.29, 0.717) is 38.6 Å². The average molecular weight is 411 g/mol. The Balaban J connectivity index is 1.71. The molecule has 9 heteroatoms. The van der Waals surface area contributed by atoms with Crippen LogP contribution >= 0.6 is 0 Å². The van der Waals surface area contributed by atoms with Gasteiger partial charge in [-0.25, -0.2) is 13.6 Å². The Hall–Kier alpha value is -2.58. The number of ether oxygens (including phenoxy) is 1. The summed E-state index contributed by atoms with van der Waals surface area (Å²) in [6.45, 7) is 7.57. The number of anilines is 1. The number of hydrogen-bond donors (Lipinski definition) is 3. The van der Waals surface area contributed by atoms with Crippen molar-refractivity contribution in [3.63, 3.8) is 0 Å². The number of guanidine groups is 1. The zero-order valence-corrected chi connectivity index (χ0v) is 17.5. The second-order valence-electron chi connectivity index (χ2n) is 7.93. The van der Waals surface area contributed by atoms with Crippen LogP contribution in [0.5, 0.6) is 0 Å². The number of hydrogen-bond acceptors (Lipinski definition) is 4. The maximum Gasteiger partial charge on any atom is 0.407 e. The van der Waals surface area contributed by atoms with E-state index in [1.54, 1.807) is 11.9 Å². The first kappa shape index (κ1) is 22.7. The number of halogens is 2. The number of amides is 1. The van der Waals surface area contributed by atoms with Gasteiger partial charge in [0.05, 0.1) is 0 Å². The van der Waals surface area contributed by atoms with Crippen molar-refractivity contribution in [1.29, 1.82) is 0 Å². The van der Waals surface area contributed by atoms with E-state index in [1.165, 1.54) is 18.2 Å². The van der Waals surface area contributed by atoms with Crippen LogP contribution in [0.2, 0.25) is 0 Å². The molecule has 0 radical (unpaired) electrons. The molecule has 0 bridgehead atoms. The van der Waals surface area contributed by atoms with Crippen molar-refractivity contribution in [1.82, 2.24) is 16.0 Å². The highest BCUT2D eigenvalue weighted by Gasteiger charge is 2.27. The summed E-state index contributed by atoms with van der Waals surface area (Å²) in [5, 5.41) is 9.15. The lowest BCUT2D eigenvalue weighted by atomic mass is 10.2. The van der Waals surface area contributed by atoms with E-state index in [1.807, 2.05) is 20.8 Å². The summed E-state index contributed by atoms with van der Waals surface area (Å²) in [6, 6.07) is 3.93. The van der Waals surface area contributed by atoms with Crippen molar-refractivity contribution in [2.24, 2.45) is 4.99 Å². The third-order valence-corrected chi connectivity index (χ3v) is 4.32. The summed E-state index contributed by atoms with van der Waals surface area (Å²) in [5.41, 5.74) is -0.498. The van der Waals surface area contributed by atoms with Crippen LogP contribution in [-0.2, 0) is 4.74 Å². The van der Waals surface area contributed by atoms with Gasteiger partial charge >= 0.3 is 6.09 Å². The summed E-state index contributed by atoms with van der Waals surface area (Å²) in [5.74, 6) is -0.487. The second kappa shape index (κ2) is 10.3. The highest BCUT2D eigenvalue weighted by Crippen LogP contribution is 2.26. The topological polar surface area (TPSA) is 78.0 Å². The van der Waals surface area contributed by atoms with Crippen molar-refractivity contribution in [3.8, 4) is 0 Å². The first-order valence-corrected chi connectivity index (χ1v) is 9.82. The van der Waals surface area contributed by atoms with Gasteiger partial charge in [0.1, 0.15) is 22.9 Å². The molecule has 1 fully saturated rings. The number of aliphatic imine (C=N–C) groups is 1. The van der Waals surface area contributed by atoms with Gasteiger partial charge in [0.2, 0.25) is 0 Å². The van der Waals surface area contributed by atoms with Crippen LogP contribution in [0.15, 0.2) is 23.2 Å². The van der Waals surface area contributed by atoms with Gasteiger partial charge in [0, 0.05) is 39.3 Å². The van der Waals surface area contributed by atoms with E-state index in [2.05, 4.69) is 20.9 Å². The molecule has 1 unspecified atom stereocenters. The third kappa shape index (κ3) is 7.40. The van der Waals surface area contributed by atoms with E-state index >= 15 is 0 Å². The second-order valence-corrected chi connectivity index (χ2v) is 7.93. The number of para-hydroxylation sites is 1. The molecule has 1 heterocycles. The quantitative estimate of drug-likeness (QED) is 0.381. The normalized spacial score (nSPS) is 17.2. The monoisotopic (exact) mass is 411 g/mol. The lowest BCUT2D eigenvalue weighted by molar-refractivity contribution is 0.0527. The minimum atomic E-state index is -0.550. The van der Waals surface area contributed by atoms with Gasteiger partial charge in [0.25, 0.3) is 0 Å². The maximum atomic E-state index is 14.0. The van der Waals surface area contributed by atoms with Crippen molar-refractivity contribution >= 4 is 17.7 Å². The molecule has 1 aliphatic rings. The summed E-state index contributed by atoms with van der Waals surface area (Å²) in [6.07, 6.45) is 0.998. The number of carbonyl (C=O) groups is 1. The zero-order chi connectivity index (χ0) is 21.4. The minimum absolute atomic E-state index is 0.0213. The number of nitrogens with one attached hydrogen (secondary N) is 3. The van der Waals surface area contributed by atoms with Crippen LogP contribution in [0.1, 0.15) is 33.6 Å². The highest BCUT2D eigenvalue weighted by molar-refractivity contribution is 5.80. The Labute approximate surface area is 170 Å². The molecule has 0 aliphatic carbocycles. The predicted octanol–water partition coefficient (Wildman–Crippen LogP) is 2.62. The van der Waals surface area contributed by atoms with Crippen molar-refractivity contribution in [2.75, 3.05) is 38.1 Å². The zero-order valence-electron chi connectivity index (χ0n) is 17.5. The van der Waals surface area contributed by atoms with Crippen LogP contribution < -0.4 is 20.9 Å². The van der Waals surface area contributed by atoms with Crippen LogP contribution in [0.3, 0.4) is 0 Å². The van der Waals surface area contributed by atoms with E-state index in [-0.39, 0.29) is 11.7 Å². The number of rotatable bonds is 6. The van der Waals surface area contributed by atoms with Gasteiger partial charge in [-0.3, -0.25) is 4.99 Å². The van der Waals surface area contributed by atoms with E-state index in [0.717, 1.165) is 6.42 Å². The summed E-state index contributed by atoms with van der Waals surface area (Å²) in [7, 11) is 1.66. The van der Waals surface area contributed by atoms with Gasteiger partial charge in [0.15, 0.2) is 5.96 Å². The lowest BCUT2D eigenvalue weighted by Gasteiger charge is -2.21. The molecular formula is C20H31F2N5O2. The number of benzene rings is 1. The third-order valence-electron chi connectivity index (χ3n) is 4.32. The van der Waals surface area contributed by atoms with E-state index in [4.69, 9.17) is 4.74 Å². The minimum Gasteiger partial charge on any atom is -0.444 e. The molecule has 1 aliphatic heterocycles. The SMILES string of the molecule is CN=C(NCCCNC(=O)OC(C)(C)C)NC1CCN(c2c(F)cccc2F)C1. The Morgan fingerprint density at radius 1 is 1.24 bits per heavy atom. The Morgan fingerprint density at radius 3 is 2.52 bits per heavy atom. The van der Waals surface area contributed by atoms with Crippen molar-refractivity contribution in [3.05, 3.63) is 29.8 Å². The predicted molar refractivity (Wildman–Crippen MR) is 110 cm³/mol. The number of alkyl carbamates (subject to hydrolysis) is 1. The molecular weight excluding hydrogens is 380 g/mol. The smallest absolute Gasteiger partial charge is 0.407 e. The average Bonchev–Trinajstić information content (AvgIpc) is 3.06. The van der Waals surface area contributed by atoms with Crippen LogP contribution in [0, 0.1) is 11.6 Å². The van der Waals surface area contributed by atoms with Crippen LogP contribution in [0.4, 0.5) is 19.3 Å². The van der Waals surface area contributed by atoms with Gasteiger partial charge in [-0.05, 0) is 45.7 Å². The first-order valence-electron chi connectivity index (χ1n) is 9.82. The van der Waals surface area contributed by atoms with Crippen molar-refractivity contribution < 1.29 is 18.3 Å². The van der Waals surface area contributed by atoms with E-state index < -0.39 is 23.3 Å². The molecule has 1 aromatic carbocycles. The Bertz CT molecular complexity index is 701. The van der Waals surface area contributed by atoms with E-state index in [9.17, 15) is 13.6 Å². The largest absolute Gasteiger partial charge is 0.444 e. The fraction of sp³-hybridized carbons (Fsp3) is 0.600. The molecule has 0 aromatic heterocycles. The molecule has 7 nitrogen and oxygen atoms in total. The summed E-state index contributed by atoms with van der Waals surface area (Å²) in [4.78, 5) is 17.5.